The van der Waals surface area contributed by atoms with Gasteiger partial charge in [-0.3, -0.25) is 4.90 Å². The normalized spacial score (nSPS) is 28.1. The topological polar surface area (TPSA) is 93.4 Å². The molecule has 0 amide bonds. The van der Waals surface area contributed by atoms with E-state index in [9.17, 15) is 13.5 Å². The van der Waals surface area contributed by atoms with Crippen LogP contribution in [0.1, 0.15) is 36.8 Å². The SMILES string of the molecule is Cc1cc(S(=O)(=O)N[C@@H]2CCC[C@@H]2N2CCC(O)C2)ccc1C#N. The summed E-state index contributed by atoms with van der Waals surface area (Å²) in [7, 11) is -3.62. The van der Waals surface area contributed by atoms with Crippen LogP contribution < -0.4 is 4.72 Å². The van der Waals surface area contributed by atoms with Crippen molar-refractivity contribution >= 4 is 10.0 Å². The van der Waals surface area contributed by atoms with Gasteiger partial charge in [-0.05, 0) is 49.9 Å². The number of hydrogen-bond donors (Lipinski definition) is 2. The molecule has 0 aromatic heterocycles. The molecular formula is C17H23N3O3S. The third-order valence-corrected chi connectivity index (χ3v) is 6.57. The molecule has 7 heteroatoms. The van der Waals surface area contributed by atoms with Gasteiger partial charge in [-0.25, -0.2) is 13.1 Å². The Bertz CT molecular complexity index is 757. The molecular weight excluding hydrogens is 326 g/mol. The smallest absolute Gasteiger partial charge is 0.240 e. The maximum Gasteiger partial charge on any atom is 0.240 e. The highest BCUT2D eigenvalue weighted by Crippen LogP contribution is 2.28. The largest absolute Gasteiger partial charge is 0.392 e. The van der Waals surface area contributed by atoms with Crippen LogP contribution in [0.25, 0.3) is 0 Å². The first-order valence-corrected chi connectivity index (χ1v) is 9.84. The summed E-state index contributed by atoms with van der Waals surface area (Å²) < 4.78 is 28.2. The fourth-order valence-electron chi connectivity index (χ4n) is 3.78. The molecule has 24 heavy (non-hydrogen) atoms. The van der Waals surface area contributed by atoms with Crippen LogP contribution in [0, 0.1) is 18.3 Å². The first-order valence-electron chi connectivity index (χ1n) is 8.36. The number of aryl methyl sites for hydroxylation is 1. The molecule has 1 heterocycles. The van der Waals surface area contributed by atoms with Gasteiger partial charge in [-0.2, -0.15) is 5.26 Å². The van der Waals surface area contributed by atoms with Crippen molar-refractivity contribution < 1.29 is 13.5 Å². The lowest BCUT2D eigenvalue weighted by Gasteiger charge is -2.29. The van der Waals surface area contributed by atoms with Gasteiger partial charge in [0.25, 0.3) is 0 Å². The Morgan fingerprint density at radius 1 is 1.33 bits per heavy atom. The number of aliphatic hydroxyl groups excluding tert-OH is 1. The molecule has 1 aromatic rings. The monoisotopic (exact) mass is 349 g/mol. The number of sulfonamides is 1. The standard InChI is InChI=1S/C17H23N3O3S/c1-12-9-15(6-5-13(12)10-18)24(22,23)19-16-3-2-4-17(16)20-8-7-14(21)11-20/h5-6,9,14,16-17,19,21H,2-4,7-8,11H2,1H3/t14?,16-,17+/m1/s1. The van der Waals surface area contributed by atoms with Crippen LogP contribution in [-0.2, 0) is 10.0 Å². The van der Waals surface area contributed by atoms with E-state index < -0.39 is 10.0 Å². The van der Waals surface area contributed by atoms with E-state index in [4.69, 9.17) is 5.26 Å². The van der Waals surface area contributed by atoms with E-state index >= 15 is 0 Å². The van der Waals surface area contributed by atoms with Gasteiger partial charge in [0.15, 0.2) is 0 Å². The van der Waals surface area contributed by atoms with Gasteiger partial charge in [-0.15, -0.1) is 0 Å². The van der Waals surface area contributed by atoms with E-state index in [1.165, 1.54) is 6.07 Å². The van der Waals surface area contributed by atoms with Crippen LogP contribution in [0.5, 0.6) is 0 Å². The van der Waals surface area contributed by atoms with Crippen molar-refractivity contribution in [2.75, 3.05) is 13.1 Å². The zero-order chi connectivity index (χ0) is 17.3. The fraction of sp³-hybridized carbons (Fsp3) is 0.588. The highest BCUT2D eigenvalue weighted by atomic mass is 32.2. The van der Waals surface area contributed by atoms with Crippen LogP contribution in [0.4, 0.5) is 0 Å². The zero-order valence-electron chi connectivity index (χ0n) is 13.8. The van der Waals surface area contributed by atoms with Gasteiger partial charge >= 0.3 is 0 Å². The maximum absolute atomic E-state index is 12.7. The van der Waals surface area contributed by atoms with E-state index in [-0.39, 0.29) is 23.1 Å². The molecule has 6 nitrogen and oxygen atoms in total. The summed E-state index contributed by atoms with van der Waals surface area (Å²) in [5.41, 5.74) is 1.14. The number of benzene rings is 1. The second-order valence-corrected chi connectivity index (χ2v) is 8.47. The number of aliphatic hydroxyl groups is 1. The average molecular weight is 349 g/mol. The highest BCUT2D eigenvalue weighted by Gasteiger charge is 2.37. The molecule has 0 radical (unpaired) electrons. The third-order valence-electron chi connectivity index (χ3n) is 5.08. The molecule has 1 saturated heterocycles. The predicted octanol–water partition coefficient (Wildman–Crippen LogP) is 1.13. The second-order valence-electron chi connectivity index (χ2n) is 6.75. The molecule has 2 N–H and O–H groups in total. The summed E-state index contributed by atoms with van der Waals surface area (Å²) in [6.45, 7) is 3.18. The minimum Gasteiger partial charge on any atom is -0.392 e. The molecule has 1 saturated carbocycles. The average Bonchev–Trinajstić information content (AvgIpc) is 3.15. The van der Waals surface area contributed by atoms with Crippen molar-refractivity contribution in [2.45, 2.75) is 55.7 Å². The van der Waals surface area contributed by atoms with Crippen molar-refractivity contribution in [3.8, 4) is 6.07 Å². The van der Waals surface area contributed by atoms with E-state index in [1.54, 1.807) is 19.1 Å². The van der Waals surface area contributed by atoms with Crippen LogP contribution in [0.3, 0.4) is 0 Å². The molecule has 1 aliphatic heterocycles. The van der Waals surface area contributed by atoms with Gasteiger partial charge in [0.1, 0.15) is 0 Å². The number of hydrogen-bond acceptors (Lipinski definition) is 5. The summed E-state index contributed by atoms with van der Waals surface area (Å²) >= 11 is 0. The Morgan fingerprint density at radius 3 is 2.75 bits per heavy atom. The molecule has 0 bridgehead atoms. The van der Waals surface area contributed by atoms with Crippen molar-refractivity contribution in [3.63, 3.8) is 0 Å². The van der Waals surface area contributed by atoms with E-state index in [0.717, 1.165) is 32.2 Å². The molecule has 3 rings (SSSR count). The minimum atomic E-state index is -3.62. The van der Waals surface area contributed by atoms with Gasteiger partial charge in [0.2, 0.25) is 10.0 Å². The van der Waals surface area contributed by atoms with Crippen molar-refractivity contribution in [3.05, 3.63) is 29.3 Å². The number of likely N-dealkylation sites (tertiary alicyclic amines) is 1. The van der Waals surface area contributed by atoms with E-state index in [1.807, 2.05) is 6.07 Å². The lowest BCUT2D eigenvalue weighted by molar-refractivity contribution is 0.153. The minimum absolute atomic E-state index is 0.128. The quantitative estimate of drug-likeness (QED) is 0.850. The molecule has 2 fully saturated rings. The molecule has 130 valence electrons. The highest BCUT2D eigenvalue weighted by molar-refractivity contribution is 7.89. The number of nitrogens with one attached hydrogen (secondary N) is 1. The second kappa shape index (κ2) is 6.81. The predicted molar refractivity (Wildman–Crippen MR) is 89.8 cm³/mol. The van der Waals surface area contributed by atoms with Gasteiger partial charge in [0, 0.05) is 25.2 Å². The summed E-state index contributed by atoms with van der Waals surface area (Å²) in [5.74, 6) is 0. The zero-order valence-corrected chi connectivity index (χ0v) is 14.6. The molecule has 3 atom stereocenters. The summed E-state index contributed by atoms with van der Waals surface area (Å²) in [6, 6.07) is 6.65. The van der Waals surface area contributed by atoms with Gasteiger partial charge in [0.05, 0.1) is 22.6 Å². The van der Waals surface area contributed by atoms with Crippen LogP contribution in [0.2, 0.25) is 0 Å². The van der Waals surface area contributed by atoms with Gasteiger partial charge in [-0.1, -0.05) is 6.42 Å². The Labute approximate surface area is 143 Å². The Kier molecular flexibility index (Phi) is 4.92. The fourth-order valence-corrected chi connectivity index (χ4v) is 5.17. The number of nitrogens with zero attached hydrogens (tertiary/aromatic N) is 2. The van der Waals surface area contributed by atoms with Crippen LogP contribution in [-0.4, -0.2) is 49.7 Å². The van der Waals surface area contributed by atoms with Crippen LogP contribution >= 0.6 is 0 Å². The number of β-amino-alcohol motifs (C(OH)–C–C–N with tert-alkyl or cyclic N) is 1. The number of nitriles is 1. The molecule has 1 aromatic carbocycles. The molecule has 1 aliphatic carbocycles. The van der Waals surface area contributed by atoms with Gasteiger partial charge < -0.3 is 5.11 Å². The van der Waals surface area contributed by atoms with Crippen molar-refractivity contribution in [1.29, 1.82) is 5.26 Å². The Balaban J connectivity index is 1.76. The van der Waals surface area contributed by atoms with E-state index in [0.29, 0.717) is 17.7 Å². The number of rotatable bonds is 4. The lowest BCUT2D eigenvalue weighted by Crippen LogP contribution is -2.48. The Morgan fingerprint density at radius 2 is 2.12 bits per heavy atom. The molecule has 2 aliphatic rings. The molecule has 1 unspecified atom stereocenters. The first kappa shape index (κ1) is 17.4. The summed E-state index contributed by atoms with van der Waals surface area (Å²) in [5, 5.41) is 18.7. The Hall–Kier alpha value is -1.46. The first-order chi connectivity index (χ1) is 11.4. The van der Waals surface area contributed by atoms with Crippen molar-refractivity contribution in [2.24, 2.45) is 0 Å². The molecule has 0 spiro atoms. The van der Waals surface area contributed by atoms with E-state index in [2.05, 4.69) is 9.62 Å². The summed E-state index contributed by atoms with van der Waals surface area (Å²) in [6.07, 6.45) is 3.20. The maximum atomic E-state index is 12.7. The lowest BCUT2D eigenvalue weighted by atomic mass is 10.1. The third kappa shape index (κ3) is 3.47. The van der Waals surface area contributed by atoms with Crippen molar-refractivity contribution in [1.82, 2.24) is 9.62 Å². The van der Waals surface area contributed by atoms with Crippen LogP contribution in [0.15, 0.2) is 23.1 Å². The summed E-state index contributed by atoms with van der Waals surface area (Å²) in [4.78, 5) is 2.40.